The number of benzene rings is 6. The molecule has 0 amide bonds. The number of rotatable bonds is 2. The molecule has 1 unspecified atom stereocenters. The van der Waals surface area contributed by atoms with Gasteiger partial charge in [0.2, 0.25) is 6.71 Å². The van der Waals surface area contributed by atoms with E-state index in [1.54, 1.807) is 5.56 Å². The second kappa shape index (κ2) is 12.7. The van der Waals surface area contributed by atoms with Crippen molar-refractivity contribution in [2.45, 2.75) is 130 Å². The molecule has 7 aromatic rings. The van der Waals surface area contributed by atoms with Gasteiger partial charge in [0.05, 0.1) is 5.52 Å². The van der Waals surface area contributed by atoms with E-state index in [-0.39, 0.29) is 34.4 Å². The molecule has 1 aromatic heterocycles. The van der Waals surface area contributed by atoms with Crippen LogP contribution in [0, 0.1) is 0 Å². The zero-order valence-corrected chi connectivity index (χ0v) is 37.6. The van der Waals surface area contributed by atoms with Crippen LogP contribution in [0.2, 0.25) is 0 Å². The number of fused-ring (bicyclic) bond motifs is 10. The largest absolute Gasteiger partial charge is 0.335 e. The highest BCUT2D eigenvalue weighted by molar-refractivity contribution is 6.99. The van der Waals surface area contributed by atoms with E-state index in [4.69, 9.17) is 0 Å². The summed E-state index contributed by atoms with van der Waals surface area (Å²) in [6.07, 6.45) is 3.57. The van der Waals surface area contributed by atoms with Crippen LogP contribution in [0.25, 0.3) is 21.8 Å². The van der Waals surface area contributed by atoms with E-state index in [9.17, 15) is 0 Å². The Balaban J connectivity index is 1.34. The molecule has 0 spiro atoms. The van der Waals surface area contributed by atoms with Crippen molar-refractivity contribution in [3.05, 3.63) is 154 Å². The summed E-state index contributed by atoms with van der Waals surface area (Å²) in [6.45, 7) is 28.3. The lowest BCUT2D eigenvalue weighted by Gasteiger charge is -2.43. The average Bonchev–Trinajstić information content (AvgIpc) is 3.80. The summed E-state index contributed by atoms with van der Waals surface area (Å²) in [4.78, 5) is 2.57. The van der Waals surface area contributed by atoms with E-state index in [1.807, 2.05) is 0 Å². The molecule has 3 aliphatic rings. The van der Waals surface area contributed by atoms with Crippen LogP contribution in [0.5, 0.6) is 0 Å². The van der Waals surface area contributed by atoms with Crippen LogP contribution in [-0.2, 0) is 34.6 Å². The smallest absolute Gasteiger partial charge is 0.247 e. The maximum absolute atomic E-state index is 2.71. The number of hydrogen-bond acceptors (Lipinski definition) is 1. The summed E-state index contributed by atoms with van der Waals surface area (Å²) < 4.78 is 2.71. The van der Waals surface area contributed by atoms with Gasteiger partial charge in [-0.2, -0.15) is 0 Å². The quantitative estimate of drug-likeness (QED) is 0.159. The molecule has 298 valence electrons. The van der Waals surface area contributed by atoms with Gasteiger partial charge < -0.3 is 9.47 Å². The number of aryl methyl sites for hydroxylation is 2. The normalized spacial score (nSPS) is 16.4. The summed E-state index contributed by atoms with van der Waals surface area (Å²) in [5.74, 6) is 0.0682. The minimum atomic E-state index is -0.0857. The fourth-order valence-electron chi connectivity index (χ4n) is 11.0. The topological polar surface area (TPSA) is 8.17 Å². The Bertz CT molecular complexity index is 2820. The fourth-order valence-corrected chi connectivity index (χ4v) is 11.0. The minimum Gasteiger partial charge on any atom is -0.335 e. The molecule has 3 heteroatoms. The Hall–Kier alpha value is -5.02. The van der Waals surface area contributed by atoms with Crippen molar-refractivity contribution in [2.24, 2.45) is 0 Å². The Morgan fingerprint density at radius 1 is 0.576 bits per heavy atom. The van der Waals surface area contributed by atoms with Crippen LogP contribution in [0.4, 0.5) is 17.1 Å². The molecule has 59 heavy (non-hydrogen) atoms. The van der Waals surface area contributed by atoms with Gasteiger partial charge in [0.25, 0.3) is 0 Å². The van der Waals surface area contributed by atoms with Gasteiger partial charge in [0.1, 0.15) is 0 Å². The first kappa shape index (κ1) is 38.2. The molecule has 6 aromatic carbocycles. The molecule has 0 saturated heterocycles. The van der Waals surface area contributed by atoms with Gasteiger partial charge in [-0.15, -0.1) is 0 Å². The Labute approximate surface area is 353 Å². The van der Waals surface area contributed by atoms with E-state index in [2.05, 4.69) is 202 Å². The van der Waals surface area contributed by atoms with Crippen LogP contribution in [-0.4, -0.2) is 11.3 Å². The average molecular weight is 773 g/mol. The van der Waals surface area contributed by atoms with Gasteiger partial charge in [-0.05, 0) is 142 Å². The molecule has 2 nitrogen and oxygen atoms in total. The molecule has 0 N–H and O–H groups in total. The van der Waals surface area contributed by atoms with Crippen molar-refractivity contribution in [3.63, 3.8) is 0 Å². The highest BCUT2D eigenvalue weighted by atomic mass is 15.2. The summed E-state index contributed by atoms with van der Waals surface area (Å²) in [5, 5.41) is 2.86. The van der Waals surface area contributed by atoms with Crippen LogP contribution in [0.15, 0.2) is 109 Å². The predicted octanol–water partition coefficient (Wildman–Crippen LogP) is 12.7. The third-order valence-corrected chi connectivity index (χ3v) is 14.0. The summed E-state index contributed by atoms with van der Waals surface area (Å²) >= 11 is 0. The van der Waals surface area contributed by atoms with Crippen molar-refractivity contribution >= 4 is 62.0 Å². The van der Waals surface area contributed by atoms with E-state index < -0.39 is 0 Å². The van der Waals surface area contributed by atoms with E-state index in [0.29, 0.717) is 0 Å². The van der Waals surface area contributed by atoms with Crippen LogP contribution in [0.3, 0.4) is 0 Å². The Morgan fingerprint density at radius 3 is 1.86 bits per heavy atom. The molecule has 2 aliphatic heterocycles. The first-order valence-corrected chi connectivity index (χ1v) is 22.2. The minimum absolute atomic E-state index is 0.00725. The maximum Gasteiger partial charge on any atom is 0.247 e. The monoisotopic (exact) mass is 772 g/mol. The summed E-state index contributed by atoms with van der Waals surface area (Å²) in [7, 11) is 0. The zero-order valence-electron chi connectivity index (χ0n) is 37.6. The molecule has 0 fully saturated rings. The van der Waals surface area contributed by atoms with E-state index in [0.717, 1.165) is 6.42 Å². The highest BCUT2D eigenvalue weighted by Crippen LogP contribution is 2.48. The van der Waals surface area contributed by atoms with Gasteiger partial charge in [0, 0.05) is 44.8 Å². The number of aromatic nitrogens is 1. The van der Waals surface area contributed by atoms with Gasteiger partial charge in [0.15, 0.2) is 0 Å². The summed E-state index contributed by atoms with van der Waals surface area (Å²) in [6, 6.07) is 43.6. The van der Waals surface area contributed by atoms with Gasteiger partial charge in [-0.3, -0.25) is 0 Å². The van der Waals surface area contributed by atoms with Crippen molar-refractivity contribution in [3.8, 4) is 0 Å². The van der Waals surface area contributed by atoms with Crippen LogP contribution in [0.1, 0.15) is 140 Å². The SMILES string of the molecule is CC(C)(C)c1ccc(C2c3cccc4c3B(c3cc(C(C)(C)C)ccc3N4c3ccc(C(C)(C)C)cc3)c3ccc4c(c32)c2ccc3c(c2n4C(C)(C)C)CCC3)cc1. The van der Waals surface area contributed by atoms with Crippen molar-refractivity contribution in [1.29, 1.82) is 0 Å². The molecule has 0 radical (unpaired) electrons. The molecule has 0 bridgehead atoms. The molecular formula is C56H61BN2. The summed E-state index contributed by atoms with van der Waals surface area (Å²) in [5.41, 5.74) is 22.5. The Morgan fingerprint density at radius 2 is 1.22 bits per heavy atom. The van der Waals surface area contributed by atoms with Crippen molar-refractivity contribution in [1.82, 2.24) is 4.57 Å². The predicted molar refractivity (Wildman–Crippen MR) is 256 cm³/mol. The van der Waals surface area contributed by atoms with E-state index >= 15 is 0 Å². The van der Waals surface area contributed by atoms with Crippen LogP contribution >= 0.6 is 0 Å². The first-order chi connectivity index (χ1) is 27.8. The fraction of sp³-hybridized carbons (Fsp3) is 0.357. The second-order valence-electron chi connectivity index (χ2n) is 22.1. The number of nitrogens with zero attached hydrogens (tertiary/aromatic N) is 2. The maximum atomic E-state index is 2.71. The lowest BCUT2D eigenvalue weighted by atomic mass is 9.30. The van der Waals surface area contributed by atoms with Gasteiger partial charge >= 0.3 is 0 Å². The first-order valence-electron chi connectivity index (χ1n) is 22.2. The third-order valence-electron chi connectivity index (χ3n) is 14.0. The standard InChI is InChI=1S/C56H61BN2/c1-53(2,3)36-22-19-35(20-23-36)48-41-17-14-18-47-51(41)57(44-33-38(55(7,8)9)26-31-45(44)58(47)39-27-24-37(25-28-39)54(4,5)6)43-30-32-46-49(50(43)48)42-29-21-34-15-13-16-40(34)52(42)59(46)56(10,11)12/h14,17-33,48H,13,15-16H2,1-12H3. The highest BCUT2D eigenvalue weighted by Gasteiger charge is 2.45. The second-order valence-corrected chi connectivity index (χ2v) is 22.1. The van der Waals surface area contributed by atoms with E-state index in [1.165, 1.54) is 107 Å². The van der Waals surface area contributed by atoms with Gasteiger partial charge in [-0.1, -0.05) is 147 Å². The van der Waals surface area contributed by atoms with Crippen molar-refractivity contribution in [2.75, 3.05) is 4.90 Å². The number of anilines is 3. The lowest BCUT2D eigenvalue weighted by Crippen LogP contribution is -2.62. The molecule has 0 saturated carbocycles. The van der Waals surface area contributed by atoms with Crippen LogP contribution < -0.4 is 21.3 Å². The lowest BCUT2D eigenvalue weighted by molar-refractivity contribution is 0.422. The zero-order chi connectivity index (χ0) is 41.6. The third kappa shape index (κ3) is 5.81. The molecule has 1 atom stereocenters. The van der Waals surface area contributed by atoms with Gasteiger partial charge in [-0.25, -0.2) is 0 Å². The number of hydrogen-bond donors (Lipinski definition) is 0. The molecule has 3 heterocycles. The van der Waals surface area contributed by atoms with Crippen molar-refractivity contribution < 1.29 is 0 Å². The molecular weight excluding hydrogens is 711 g/mol. The molecule has 1 aliphatic carbocycles. The Kier molecular flexibility index (Phi) is 8.25. The molecule has 10 rings (SSSR count).